The van der Waals surface area contributed by atoms with Crippen LogP contribution in [0.4, 0.5) is 4.39 Å². The molecule has 0 aliphatic rings. The lowest BCUT2D eigenvalue weighted by Crippen LogP contribution is -2.05. The number of carbonyl (C=O) groups is 1. The summed E-state index contributed by atoms with van der Waals surface area (Å²) in [7, 11) is 0. The molecule has 0 aliphatic carbocycles. The van der Waals surface area contributed by atoms with Crippen LogP contribution in [0.25, 0.3) is 11.4 Å². The van der Waals surface area contributed by atoms with Crippen molar-refractivity contribution in [2.24, 2.45) is 0 Å². The molecule has 1 heterocycles. The SMILES string of the molecule is N#Cc1ccc(C(=O)OCc2nc(-c3ccc(F)cc3)no2)cc1. The average Bonchev–Trinajstić information content (AvgIpc) is 3.09. The van der Waals surface area contributed by atoms with Crippen LogP contribution < -0.4 is 0 Å². The van der Waals surface area contributed by atoms with Crippen molar-refractivity contribution in [1.82, 2.24) is 10.1 Å². The van der Waals surface area contributed by atoms with Gasteiger partial charge in [0.25, 0.3) is 5.89 Å². The Balaban J connectivity index is 1.63. The molecule has 0 bridgehead atoms. The average molecular weight is 323 g/mol. The fraction of sp³-hybridized carbons (Fsp3) is 0.0588. The van der Waals surface area contributed by atoms with Gasteiger partial charge in [0.1, 0.15) is 5.82 Å². The molecule has 0 fully saturated rings. The number of halogens is 1. The van der Waals surface area contributed by atoms with E-state index >= 15 is 0 Å². The third-order valence-corrected chi connectivity index (χ3v) is 3.15. The van der Waals surface area contributed by atoms with Gasteiger partial charge in [-0.05, 0) is 48.5 Å². The summed E-state index contributed by atoms with van der Waals surface area (Å²) in [5, 5.41) is 12.5. The highest BCUT2D eigenvalue weighted by molar-refractivity contribution is 5.89. The standard InChI is InChI=1S/C17H10FN3O3/c18-14-7-5-12(6-8-14)16-20-15(24-21-16)10-23-17(22)13-3-1-11(9-19)2-4-13/h1-8H,10H2. The molecule has 6 nitrogen and oxygen atoms in total. The minimum absolute atomic E-state index is 0.122. The fourth-order valence-electron chi connectivity index (χ4n) is 1.92. The second kappa shape index (κ2) is 6.71. The Hall–Kier alpha value is -3.53. The van der Waals surface area contributed by atoms with Gasteiger partial charge in [-0.2, -0.15) is 10.2 Å². The van der Waals surface area contributed by atoms with Crippen LogP contribution in [0.5, 0.6) is 0 Å². The van der Waals surface area contributed by atoms with Gasteiger partial charge in [0.2, 0.25) is 5.82 Å². The highest BCUT2D eigenvalue weighted by Crippen LogP contribution is 2.16. The number of aromatic nitrogens is 2. The molecule has 0 N–H and O–H groups in total. The van der Waals surface area contributed by atoms with Crippen molar-refractivity contribution in [3.8, 4) is 17.5 Å². The van der Waals surface area contributed by atoms with E-state index in [1.165, 1.54) is 48.5 Å². The highest BCUT2D eigenvalue weighted by Gasteiger charge is 2.12. The number of hydrogen-bond acceptors (Lipinski definition) is 6. The number of rotatable bonds is 4. The second-order valence-electron chi connectivity index (χ2n) is 4.78. The van der Waals surface area contributed by atoms with Crippen LogP contribution in [0.15, 0.2) is 53.1 Å². The third-order valence-electron chi connectivity index (χ3n) is 3.15. The molecule has 3 aromatic rings. The lowest BCUT2D eigenvalue weighted by molar-refractivity contribution is 0.0430. The second-order valence-corrected chi connectivity index (χ2v) is 4.78. The molecule has 0 radical (unpaired) electrons. The summed E-state index contributed by atoms with van der Waals surface area (Å²) >= 11 is 0. The topological polar surface area (TPSA) is 89.0 Å². The Bertz CT molecular complexity index is 896. The smallest absolute Gasteiger partial charge is 0.338 e. The van der Waals surface area contributed by atoms with Crippen molar-refractivity contribution in [3.05, 3.63) is 71.4 Å². The molecule has 7 heteroatoms. The zero-order chi connectivity index (χ0) is 16.9. The van der Waals surface area contributed by atoms with E-state index in [2.05, 4.69) is 10.1 Å². The van der Waals surface area contributed by atoms with Gasteiger partial charge in [0.15, 0.2) is 6.61 Å². The summed E-state index contributed by atoms with van der Waals surface area (Å²) in [6, 6.07) is 13.6. The number of carbonyl (C=O) groups excluding carboxylic acids is 1. The third kappa shape index (κ3) is 3.44. The first-order valence-corrected chi connectivity index (χ1v) is 6.91. The van der Waals surface area contributed by atoms with Crippen LogP contribution >= 0.6 is 0 Å². The van der Waals surface area contributed by atoms with Crippen molar-refractivity contribution >= 4 is 5.97 Å². The Morgan fingerprint density at radius 2 is 1.88 bits per heavy atom. The van der Waals surface area contributed by atoms with E-state index in [0.717, 1.165) is 0 Å². The predicted molar refractivity (Wildman–Crippen MR) is 80.0 cm³/mol. The summed E-state index contributed by atoms with van der Waals surface area (Å²) in [5.41, 5.74) is 1.35. The normalized spacial score (nSPS) is 10.2. The van der Waals surface area contributed by atoms with Crippen LogP contribution in [0.2, 0.25) is 0 Å². The quantitative estimate of drug-likeness (QED) is 0.685. The van der Waals surface area contributed by atoms with Crippen LogP contribution in [-0.4, -0.2) is 16.1 Å². The summed E-state index contributed by atoms with van der Waals surface area (Å²) in [5.74, 6) is -0.532. The number of hydrogen-bond donors (Lipinski definition) is 0. The minimum atomic E-state index is -0.568. The van der Waals surface area contributed by atoms with E-state index in [1.54, 1.807) is 0 Å². The maximum absolute atomic E-state index is 12.9. The van der Waals surface area contributed by atoms with Gasteiger partial charge < -0.3 is 9.26 Å². The Kier molecular flexibility index (Phi) is 4.29. The monoisotopic (exact) mass is 323 g/mol. The molecule has 24 heavy (non-hydrogen) atoms. The lowest BCUT2D eigenvalue weighted by Gasteiger charge is -2.01. The van der Waals surface area contributed by atoms with Crippen molar-refractivity contribution in [2.75, 3.05) is 0 Å². The molecule has 0 aliphatic heterocycles. The fourth-order valence-corrected chi connectivity index (χ4v) is 1.92. The van der Waals surface area contributed by atoms with Crippen LogP contribution in [0, 0.1) is 17.1 Å². The first-order valence-electron chi connectivity index (χ1n) is 6.91. The van der Waals surface area contributed by atoms with Crippen LogP contribution in [0.3, 0.4) is 0 Å². The number of nitrogens with zero attached hydrogens (tertiary/aromatic N) is 3. The van der Waals surface area contributed by atoms with Crippen LogP contribution in [0.1, 0.15) is 21.8 Å². The molecular weight excluding hydrogens is 313 g/mol. The molecule has 0 atom stereocenters. The maximum Gasteiger partial charge on any atom is 0.338 e. The van der Waals surface area contributed by atoms with E-state index in [0.29, 0.717) is 16.7 Å². The molecular formula is C17H10FN3O3. The van der Waals surface area contributed by atoms with E-state index in [-0.39, 0.29) is 24.1 Å². The van der Waals surface area contributed by atoms with Crippen molar-refractivity contribution in [1.29, 1.82) is 5.26 Å². The number of benzene rings is 2. The first kappa shape index (κ1) is 15.4. The number of ether oxygens (including phenoxy) is 1. The molecule has 3 rings (SSSR count). The molecule has 0 saturated heterocycles. The molecule has 2 aromatic carbocycles. The van der Waals surface area contributed by atoms with E-state index < -0.39 is 5.97 Å². The van der Waals surface area contributed by atoms with Gasteiger partial charge in [-0.15, -0.1) is 0 Å². The van der Waals surface area contributed by atoms with Gasteiger partial charge in [-0.3, -0.25) is 0 Å². The molecule has 0 spiro atoms. The van der Waals surface area contributed by atoms with E-state index in [4.69, 9.17) is 14.5 Å². The summed E-state index contributed by atoms with van der Waals surface area (Å²) in [4.78, 5) is 16.0. The number of esters is 1. The Labute approximate surface area is 136 Å². The van der Waals surface area contributed by atoms with E-state index in [1.807, 2.05) is 6.07 Å². The molecule has 0 amide bonds. The van der Waals surface area contributed by atoms with Crippen LogP contribution in [-0.2, 0) is 11.3 Å². The Morgan fingerprint density at radius 3 is 2.54 bits per heavy atom. The molecule has 1 aromatic heterocycles. The number of nitriles is 1. The van der Waals surface area contributed by atoms with Gasteiger partial charge in [0.05, 0.1) is 17.2 Å². The molecule has 118 valence electrons. The zero-order valence-electron chi connectivity index (χ0n) is 12.3. The summed E-state index contributed by atoms with van der Waals surface area (Å²) in [6.07, 6.45) is 0. The van der Waals surface area contributed by atoms with Gasteiger partial charge in [0, 0.05) is 5.56 Å². The van der Waals surface area contributed by atoms with Gasteiger partial charge in [-0.1, -0.05) is 5.16 Å². The maximum atomic E-state index is 12.9. The minimum Gasteiger partial charge on any atom is -0.452 e. The van der Waals surface area contributed by atoms with Gasteiger partial charge in [-0.25, -0.2) is 9.18 Å². The van der Waals surface area contributed by atoms with Gasteiger partial charge >= 0.3 is 5.97 Å². The Morgan fingerprint density at radius 1 is 1.17 bits per heavy atom. The van der Waals surface area contributed by atoms with Crippen molar-refractivity contribution < 1.29 is 18.4 Å². The molecule has 0 unspecified atom stereocenters. The predicted octanol–water partition coefficient (Wildman–Crippen LogP) is 3.10. The molecule has 0 saturated carbocycles. The van der Waals surface area contributed by atoms with E-state index in [9.17, 15) is 9.18 Å². The summed E-state index contributed by atoms with van der Waals surface area (Å²) < 4.78 is 23.0. The van der Waals surface area contributed by atoms with Crippen molar-refractivity contribution in [2.45, 2.75) is 6.61 Å². The largest absolute Gasteiger partial charge is 0.452 e. The summed E-state index contributed by atoms with van der Waals surface area (Å²) in [6.45, 7) is -0.187. The van der Waals surface area contributed by atoms with Crippen molar-refractivity contribution in [3.63, 3.8) is 0 Å². The zero-order valence-corrected chi connectivity index (χ0v) is 12.3. The highest BCUT2D eigenvalue weighted by atomic mass is 19.1. The first-order chi connectivity index (χ1) is 11.7. The lowest BCUT2D eigenvalue weighted by atomic mass is 10.1.